The van der Waals surface area contributed by atoms with Gasteiger partial charge in [0.2, 0.25) is 0 Å². The number of nitrogens with two attached hydrogens (primary N) is 1. The zero-order chi connectivity index (χ0) is 10.7. The number of anilines is 1. The third kappa shape index (κ3) is 1.45. The lowest BCUT2D eigenvalue weighted by atomic mass is 10.1. The first kappa shape index (κ1) is 9.86. The van der Waals surface area contributed by atoms with E-state index in [0.717, 1.165) is 0 Å². The van der Waals surface area contributed by atoms with E-state index >= 15 is 0 Å². The minimum absolute atomic E-state index is 0.0508. The molecule has 0 amide bonds. The molecule has 5 nitrogen and oxygen atoms in total. The van der Waals surface area contributed by atoms with E-state index in [1.807, 2.05) is 0 Å². The molecule has 0 aliphatic rings. The van der Waals surface area contributed by atoms with Crippen LogP contribution in [0.1, 0.15) is 15.9 Å². The van der Waals surface area contributed by atoms with E-state index in [0.29, 0.717) is 0 Å². The standard InChI is InChI=1S/C9H8N2O3/c1-14-7-3-2-6(11)8(9(12)13)5(7)4-10/h2-3H,11H2,1H3,(H,12,13). The van der Waals surface area contributed by atoms with Gasteiger partial charge < -0.3 is 15.6 Å². The smallest absolute Gasteiger partial charge is 0.339 e. The zero-order valence-electron chi connectivity index (χ0n) is 7.44. The van der Waals surface area contributed by atoms with Gasteiger partial charge in [0, 0.05) is 5.69 Å². The number of carboxylic acid groups (broad SMARTS) is 1. The van der Waals surface area contributed by atoms with E-state index < -0.39 is 5.97 Å². The fourth-order valence-corrected chi connectivity index (χ4v) is 1.11. The molecule has 5 heteroatoms. The van der Waals surface area contributed by atoms with Crippen molar-refractivity contribution < 1.29 is 14.6 Å². The molecule has 0 saturated heterocycles. The number of rotatable bonds is 2. The first-order valence-electron chi connectivity index (χ1n) is 3.71. The average Bonchev–Trinajstić information content (AvgIpc) is 2.16. The lowest BCUT2D eigenvalue weighted by Crippen LogP contribution is -2.06. The van der Waals surface area contributed by atoms with Gasteiger partial charge in [-0.1, -0.05) is 0 Å². The van der Waals surface area contributed by atoms with Crippen molar-refractivity contribution >= 4 is 11.7 Å². The zero-order valence-corrected chi connectivity index (χ0v) is 7.44. The van der Waals surface area contributed by atoms with Crippen LogP contribution in [-0.4, -0.2) is 18.2 Å². The summed E-state index contributed by atoms with van der Waals surface area (Å²) in [5, 5.41) is 17.6. The highest BCUT2D eigenvalue weighted by atomic mass is 16.5. The molecule has 0 heterocycles. The molecule has 0 aromatic heterocycles. The number of nitrogen functional groups attached to an aromatic ring is 1. The second-order valence-electron chi connectivity index (χ2n) is 2.52. The van der Waals surface area contributed by atoms with Gasteiger partial charge in [-0.3, -0.25) is 0 Å². The Kier molecular flexibility index (Phi) is 2.58. The Bertz CT molecular complexity index is 421. The molecular formula is C9H8N2O3. The highest BCUT2D eigenvalue weighted by Gasteiger charge is 2.17. The Balaban J connectivity index is 3.53. The number of aromatic carboxylic acids is 1. The number of nitrogens with zero attached hydrogens (tertiary/aromatic N) is 1. The molecule has 1 aromatic carbocycles. The summed E-state index contributed by atoms with van der Waals surface area (Å²) in [6.07, 6.45) is 0. The fourth-order valence-electron chi connectivity index (χ4n) is 1.11. The van der Waals surface area contributed by atoms with Crippen LogP contribution in [-0.2, 0) is 0 Å². The summed E-state index contributed by atoms with van der Waals surface area (Å²) in [6.45, 7) is 0. The molecule has 0 unspecified atom stereocenters. The third-order valence-electron chi connectivity index (χ3n) is 1.74. The molecule has 0 radical (unpaired) electrons. The number of benzene rings is 1. The maximum atomic E-state index is 10.8. The molecule has 0 fully saturated rings. The van der Waals surface area contributed by atoms with Crippen molar-refractivity contribution in [2.24, 2.45) is 0 Å². The number of carbonyl (C=O) groups is 1. The number of methoxy groups -OCH3 is 1. The van der Waals surface area contributed by atoms with Crippen molar-refractivity contribution in [3.8, 4) is 11.8 Å². The Morgan fingerprint density at radius 2 is 2.29 bits per heavy atom. The second kappa shape index (κ2) is 3.66. The SMILES string of the molecule is COc1ccc(N)c(C(=O)O)c1C#N. The van der Waals surface area contributed by atoms with Crippen LogP contribution in [0.3, 0.4) is 0 Å². The maximum absolute atomic E-state index is 10.8. The summed E-state index contributed by atoms with van der Waals surface area (Å²) in [7, 11) is 1.36. The van der Waals surface area contributed by atoms with Gasteiger partial charge in [-0.15, -0.1) is 0 Å². The van der Waals surface area contributed by atoms with E-state index in [-0.39, 0.29) is 22.6 Å². The molecule has 0 bridgehead atoms. The van der Waals surface area contributed by atoms with Gasteiger partial charge in [0.1, 0.15) is 22.9 Å². The normalized spacial score (nSPS) is 9.14. The van der Waals surface area contributed by atoms with E-state index in [9.17, 15) is 4.79 Å². The number of carboxylic acids is 1. The van der Waals surface area contributed by atoms with E-state index in [4.69, 9.17) is 20.8 Å². The molecule has 1 aromatic rings. The predicted octanol–water partition coefficient (Wildman–Crippen LogP) is 0.847. The quantitative estimate of drug-likeness (QED) is 0.677. The number of ether oxygens (including phenoxy) is 1. The molecule has 0 aliphatic carbocycles. The van der Waals surface area contributed by atoms with Gasteiger partial charge in [-0.2, -0.15) is 5.26 Å². The predicted molar refractivity (Wildman–Crippen MR) is 49.1 cm³/mol. The van der Waals surface area contributed by atoms with E-state index in [2.05, 4.69) is 0 Å². The van der Waals surface area contributed by atoms with E-state index in [1.54, 1.807) is 6.07 Å². The van der Waals surface area contributed by atoms with Crippen molar-refractivity contribution in [1.29, 1.82) is 5.26 Å². The first-order chi connectivity index (χ1) is 6.61. The van der Waals surface area contributed by atoms with Crippen molar-refractivity contribution in [1.82, 2.24) is 0 Å². The fraction of sp³-hybridized carbons (Fsp3) is 0.111. The largest absolute Gasteiger partial charge is 0.495 e. The molecule has 0 spiro atoms. The molecule has 0 atom stereocenters. The van der Waals surface area contributed by atoms with Gasteiger partial charge in [0.05, 0.1) is 7.11 Å². The Hall–Kier alpha value is -2.22. The van der Waals surface area contributed by atoms with Gasteiger partial charge in [-0.05, 0) is 12.1 Å². The summed E-state index contributed by atoms with van der Waals surface area (Å²) in [5.74, 6) is -1.03. The van der Waals surface area contributed by atoms with Crippen LogP contribution in [0.25, 0.3) is 0 Å². The number of hydrogen-bond donors (Lipinski definition) is 2. The Morgan fingerprint density at radius 1 is 1.64 bits per heavy atom. The average molecular weight is 192 g/mol. The summed E-state index contributed by atoms with van der Waals surface area (Å²) >= 11 is 0. The van der Waals surface area contributed by atoms with Crippen molar-refractivity contribution in [3.63, 3.8) is 0 Å². The topological polar surface area (TPSA) is 96.3 Å². The second-order valence-corrected chi connectivity index (χ2v) is 2.52. The summed E-state index contributed by atoms with van der Waals surface area (Å²) < 4.78 is 4.84. The maximum Gasteiger partial charge on any atom is 0.339 e. The lowest BCUT2D eigenvalue weighted by molar-refractivity contribution is 0.0697. The van der Waals surface area contributed by atoms with Gasteiger partial charge in [0.15, 0.2) is 0 Å². The molecule has 14 heavy (non-hydrogen) atoms. The molecular weight excluding hydrogens is 184 g/mol. The molecule has 1 rings (SSSR count). The lowest BCUT2D eigenvalue weighted by Gasteiger charge is -2.07. The highest BCUT2D eigenvalue weighted by Crippen LogP contribution is 2.26. The minimum atomic E-state index is -1.24. The van der Waals surface area contributed by atoms with Gasteiger partial charge in [-0.25, -0.2) is 4.79 Å². The molecule has 3 N–H and O–H groups in total. The minimum Gasteiger partial charge on any atom is -0.495 e. The summed E-state index contributed by atoms with van der Waals surface area (Å²) in [6, 6.07) is 4.60. The van der Waals surface area contributed by atoms with Gasteiger partial charge >= 0.3 is 5.97 Å². The number of hydrogen-bond acceptors (Lipinski definition) is 4. The molecule has 72 valence electrons. The third-order valence-corrected chi connectivity index (χ3v) is 1.74. The van der Waals surface area contributed by atoms with Gasteiger partial charge in [0.25, 0.3) is 0 Å². The van der Waals surface area contributed by atoms with Crippen molar-refractivity contribution in [3.05, 3.63) is 23.3 Å². The van der Waals surface area contributed by atoms with Crippen molar-refractivity contribution in [2.75, 3.05) is 12.8 Å². The van der Waals surface area contributed by atoms with Crippen LogP contribution in [0.15, 0.2) is 12.1 Å². The summed E-state index contributed by atoms with van der Waals surface area (Å²) in [5.41, 5.74) is 5.21. The Morgan fingerprint density at radius 3 is 2.71 bits per heavy atom. The molecule has 0 aliphatic heterocycles. The highest BCUT2D eigenvalue weighted by molar-refractivity contribution is 5.97. The van der Waals surface area contributed by atoms with Crippen LogP contribution >= 0.6 is 0 Å². The van der Waals surface area contributed by atoms with Crippen LogP contribution in [0.4, 0.5) is 5.69 Å². The van der Waals surface area contributed by atoms with Crippen molar-refractivity contribution in [2.45, 2.75) is 0 Å². The number of nitriles is 1. The first-order valence-corrected chi connectivity index (χ1v) is 3.71. The summed E-state index contributed by atoms with van der Waals surface area (Å²) in [4.78, 5) is 10.8. The Labute approximate surface area is 80.3 Å². The van der Waals surface area contributed by atoms with Crippen LogP contribution in [0.5, 0.6) is 5.75 Å². The van der Waals surface area contributed by atoms with Crippen LogP contribution in [0, 0.1) is 11.3 Å². The van der Waals surface area contributed by atoms with Crippen LogP contribution in [0.2, 0.25) is 0 Å². The monoisotopic (exact) mass is 192 g/mol. The molecule has 0 saturated carbocycles. The van der Waals surface area contributed by atoms with Crippen LogP contribution < -0.4 is 10.5 Å². The van der Waals surface area contributed by atoms with E-state index in [1.165, 1.54) is 19.2 Å².